The lowest BCUT2D eigenvalue weighted by Crippen LogP contribution is -2.51. The highest BCUT2D eigenvalue weighted by molar-refractivity contribution is 7.92. The molecular formula is C30H37N3O5S. The van der Waals surface area contributed by atoms with Crippen molar-refractivity contribution in [2.24, 2.45) is 0 Å². The van der Waals surface area contributed by atoms with Gasteiger partial charge in [-0.05, 0) is 57.0 Å². The van der Waals surface area contributed by atoms with E-state index < -0.39 is 28.5 Å². The summed E-state index contributed by atoms with van der Waals surface area (Å²) in [6.45, 7) is 7.57. The summed E-state index contributed by atoms with van der Waals surface area (Å²) in [6.07, 6.45) is 0.753. The van der Waals surface area contributed by atoms with Gasteiger partial charge in [-0.15, -0.1) is 0 Å². The number of ether oxygens (including phenoxy) is 1. The van der Waals surface area contributed by atoms with E-state index in [1.54, 1.807) is 43.3 Å². The number of carbonyl (C=O) groups excluding carboxylic acids is 2. The maximum Gasteiger partial charge on any atom is 0.264 e. The lowest BCUT2D eigenvalue weighted by atomic mass is 10.1. The van der Waals surface area contributed by atoms with Gasteiger partial charge in [0.25, 0.3) is 10.0 Å². The number of methoxy groups -OCH3 is 1. The monoisotopic (exact) mass is 551 g/mol. The first-order chi connectivity index (χ1) is 18.6. The number of sulfonamides is 1. The average Bonchev–Trinajstić information content (AvgIpc) is 2.93. The third-order valence-electron chi connectivity index (χ3n) is 6.42. The number of nitrogens with one attached hydrogen (secondary N) is 1. The third kappa shape index (κ3) is 7.60. The number of nitrogens with zero attached hydrogens (tertiary/aromatic N) is 2. The standard InChI is InChI=1S/C30H37N3O5S/c1-6-18-31-30(35)24(4)32(20-25-14-10-22(2)11-15-25)29(34)21-33(26-8-7-9-27(19-26)38-5)39(36,37)28-16-12-23(3)13-17-28/h7-17,19,24H,6,18,20-21H2,1-5H3,(H,31,35). The van der Waals surface area contributed by atoms with E-state index in [-0.39, 0.29) is 23.0 Å². The Morgan fingerprint density at radius 2 is 1.56 bits per heavy atom. The number of hydrogen-bond donors (Lipinski definition) is 1. The van der Waals surface area contributed by atoms with Gasteiger partial charge in [-0.1, -0.05) is 60.5 Å². The Hall–Kier alpha value is -3.85. The zero-order chi connectivity index (χ0) is 28.6. The van der Waals surface area contributed by atoms with Crippen molar-refractivity contribution >= 4 is 27.5 Å². The van der Waals surface area contributed by atoms with Crippen LogP contribution >= 0.6 is 0 Å². The molecule has 2 amide bonds. The SMILES string of the molecule is CCCNC(=O)C(C)N(Cc1ccc(C)cc1)C(=O)CN(c1cccc(OC)c1)S(=O)(=O)c1ccc(C)cc1. The molecule has 0 saturated carbocycles. The molecule has 0 heterocycles. The van der Waals surface area contributed by atoms with Gasteiger partial charge in [0, 0.05) is 19.2 Å². The quantitative estimate of drug-likeness (QED) is 0.359. The molecule has 3 rings (SSSR count). The normalized spacial score (nSPS) is 11.9. The summed E-state index contributed by atoms with van der Waals surface area (Å²) in [7, 11) is -2.64. The molecule has 0 radical (unpaired) electrons. The van der Waals surface area contributed by atoms with Crippen LogP contribution in [0.4, 0.5) is 5.69 Å². The second kappa shape index (κ2) is 13.3. The Labute approximate surface area is 231 Å². The first-order valence-corrected chi connectivity index (χ1v) is 14.4. The highest BCUT2D eigenvalue weighted by Gasteiger charge is 2.32. The van der Waals surface area contributed by atoms with Crippen LogP contribution < -0.4 is 14.4 Å². The van der Waals surface area contributed by atoms with Gasteiger partial charge < -0.3 is 15.0 Å². The molecule has 0 aliphatic carbocycles. The Bertz CT molecular complexity index is 1370. The van der Waals surface area contributed by atoms with Crippen LogP contribution in [0.5, 0.6) is 5.75 Å². The van der Waals surface area contributed by atoms with Crippen LogP contribution in [-0.2, 0) is 26.2 Å². The molecule has 9 heteroatoms. The summed E-state index contributed by atoms with van der Waals surface area (Å²) >= 11 is 0. The number of benzene rings is 3. The van der Waals surface area contributed by atoms with Crippen molar-refractivity contribution in [3.05, 3.63) is 89.5 Å². The van der Waals surface area contributed by atoms with Crippen molar-refractivity contribution < 1.29 is 22.7 Å². The topological polar surface area (TPSA) is 96.0 Å². The molecule has 3 aromatic rings. The van der Waals surface area contributed by atoms with Crippen molar-refractivity contribution in [3.8, 4) is 5.75 Å². The summed E-state index contributed by atoms with van der Waals surface area (Å²) in [5, 5.41) is 2.84. The Kier molecular flexibility index (Phi) is 10.1. The minimum Gasteiger partial charge on any atom is -0.497 e. The molecule has 1 atom stereocenters. The predicted octanol–water partition coefficient (Wildman–Crippen LogP) is 4.45. The molecule has 208 valence electrons. The highest BCUT2D eigenvalue weighted by Crippen LogP contribution is 2.28. The van der Waals surface area contributed by atoms with Crippen LogP contribution in [0.25, 0.3) is 0 Å². The fourth-order valence-corrected chi connectivity index (χ4v) is 5.41. The van der Waals surface area contributed by atoms with Crippen molar-refractivity contribution in [1.29, 1.82) is 0 Å². The number of aryl methyl sites for hydroxylation is 2. The Morgan fingerprint density at radius 3 is 2.15 bits per heavy atom. The number of anilines is 1. The van der Waals surface area contributed by atoms with Gasteiger partial charge >= 0.3 is 0 Å². The smallest absolute Gasteiger partial charge is 0.264 e. The van der Waals surface area contributed by atoms with Crippen molar-refractivity contribution in [3.63, 3.8) is 0 Å². The lowest BCUT2D eigenvalue weighted by Gasteiger charge is -2.32. The van der Waals surface area contributed by atoms with E-state index in [4.69, 9.17) is 4.74 Å². The summed E-state index contributed by atoms with van der Waals surface area (Å²) < 4.78 is 34.1. The molecule has 0 aliphatic rings. The number of hydrogen-bond acceptors (Lipinski definition) is 5. The zero-order valence-corrected chi connectivity index (χ0v) is 24.0. The predicted molar refractivity (Wildman–Crippen MR) is 153 cm³/mol. The Morgan fingerprint density at radius 1 is 0.949 bits per heavy atom. The summed E-state index contributed by atoms with van der Waals surface area (Å²) in [4.78, 5) is 28.3. The Balaban J connectivity index is 2.03. The van der Waals surface area contributed by atoms with Gasteiger partial charge in [0.05, 0.1) is 17.7 Å². The van der Waals surface area contributed by atoms with Gasteiger partial charge in [0.1, 0.15) is 18.3 Å². The van der Waals surface area contributed by atoms with Crippen LogP contribution in [0, 0.1) is 13.8 Å². The molecular weight excluding hydrogens is 514 g/mol. The van der Waals surface area contributed by atoms with Crippen LogP contribution in [0.2, 0.25) is 0 Å². The minimum absolute atomic E-state index is 0.0579. The van der Waals surface area contributed by atoms with Crippen molar-refractivity contribution in [2.45, 2.75) is 51.6 Å². The van der Waals surface area contributed by atoms with Crippen LogP contribution in [0.1, 0.15) is 37.0 Å². The molecule has 0 fully saturated rings. The van der Waals surface area contributed by atoms with E-state index in [2.05, 4.69) is 5.32 Å². The van der Waals surface area contributed by atoms with E-state index in [0.29, 0.717) is 12.3 Å². The lowest BCUT2D eigenvalue weighted by molar-refractivity contribution is -0.139. The number of amides is 2. The van der Waals surface area contributed by atoms with E-state index >= 15 is 0 Å². The van der Waals surface area contributed by atoms with Crippen molar-refractivity contribution in [2.75, 3.05) is 24.5 Å². The average molecular weight is 552 g/mol. The van der Waals surface area contributed by atoms with E-state index in [1.807, 2.05) is 45.0 Å². The second-order valence-electron chi connectivity index (χ2n) is 9.50. The maximum absolute atomic E-state index is 13.9. The summed E-state index contributed by atoms with van der Waals surface area (Å²) in [5.74, 6) is -0.354. The van der Waals surface area contributed by atoms with Crippen LogP contribution in [0.3, 0.4) is 0 Å². The van der Waals surface area contributed by atoms with E-state index in [9.17, 15) is 18.0 Å². The van der Waals surface area contributed by atoms with Gasteiger partial charge in [-0.3, -0.25) is 13.9 Å². The fourth-order valence-electron chi connectivity index (χ4n) is 4.00. The largest absolute Gasteiger partial charge is 0.497 e. The van der Waals surface area contributed by atoms with Gasteiger partial charge in [0.2, 0.25) is 11.8 Å². The minimum atomic E-state index is -4.13. The molecule has 0 bridgehead atoms. The summed E-state index contributed by atoms with van der Waals surface area (Å²) in [6, 6.07) is 19.9. The molecule has 1 unspecified atom stereocenters. The first-order valence-electron chi connectivity index (χ1n) is 12.9. The van der Waals surface area contributed by atoms with Gasteiger partial charge in [-0.2, -0.15) is 0 Å². The molecule has 0 saturated heterocycles. The molecule has 0 aromatic heterocycles. The molecule has 1 N–H and O–H groups in total. The third-order valence-corrected chi connectivity index (χ3v) is 8.21. The van der Waals surface area contributed by atoms with Crippen LogP contribution in [-0.4, -0.2) is 51.4 Å². The fraction of sp³-hybridized carbons (Fsp3) is 0.333. The maximum atomic E-state index is 13.9. The first kappa shape index (κ1) is 29.7. The van der Waals surface area contributed by atoms with E-state index in [0.717, 1.165) is 27.4 Å². The van der Waals surface area contributed by atoms with E-state index in [1.165, 1.54) is 24.1 Å². The molecule has 8 nitrogen and oxygen atoms in total. The molecule has 0 spiro atoms. The molecule has 0 aliphatic heterocycles. The number of carbonyl (C=O) groups is 2. The van der Waals surface area contributed by atoms with Gasteiger partial charge in [-0.25, -0.2) is 8.42 Å². The van der Waals surface area contributed by atoms with Crippen molar-refractivity contribution in [1.82, 2.24) is 10.2 Å². The molecule has 3 aromatic carbocycles. The highest BCUT2D eigenvalue weighted by atomic mass is 32.2. The second-order valence-corrected chi connectivity index (χ2v) is 11.4. The summed E-state index contributed by atoms with van der Waals surface area (Å²) in [5.41, 5.74) is 3.09. The van der Waals surface area contributed by atoms with Crippen LogP contribution in [0.15, 0.2) is 77.7 Å². The number of rotatable bonds is 12. The zero-order valence-electron chi connectivity index (χ0n) is 23.2. The van der Waals surface area contributed by atoms with Gasteiger partial charge in [0.15, 0.2) is 0 Å². The molecule has 39 heavy (non-hydrogen) atoms.